The summed E-state index contributed by atoms with van der Waals surface area (Å²) in [6.07, 6.45) is 1.15. The fraction of sp³-hybridized carbons (Fsp3) is 0.250. The monoisotopic (exact) mass is 460 g/mol. The number of hydrogen-bond donors (Lipinski definition) is 0. The van der Waals surface area contributed by atoms with Gasteiger partial charge in [0.15, 0.2) is 5.69 Å². The van der Waals surface area contributed by atoms with E-state index in [0.29, 0.717) is 5.69 Å². The first-order chi connectivity index (χ1) is 16.4. The standard InChI is InChI=1S/C24H24N6O4/c1-4-16-10-8-9-13-18(16)28(2)20(31)15-14-19-25-22(27-34-19)21-23(32)29(3)24(33)30(26-21)17-11-6-5-7-12-17/h5-13H,4,14-15H2,1-3H3. The lowest BCUT2D eigenvalue weighted by Gasteiger charge is -2.20. The number of benzene rings is 2. The number of hydrogen-bond acceptors (Lipinski definition) is 7. The normalized spacial score (nSPS) is 10.9. The Morgan fingerprint density at radius 3 is 2.50 bits per heavy atom. The fourth-order valence-corrected chi connectivity index (χ4v) is 3.56. The zero-order chi connectivity index (χ0) is 24.2. The molecule has 2 aromatic carbocycles. The van der Waals surface area contributed by atoms with Crippen molar-refractivity contribution in [1.82, 2.24) is 24.5 Å². The Bertz CT molecular complexity index is 1440. The van der Waals surface area contributed by atoms with Crippen LogP contribution in [-0.4, -0.2) is 37.4 Å². The predicted molar refractivity (Wildman–Crippen MR) is 126 cm³/mol. The van der Waals surface area contributed by atoms with Crippen LogP contribution in [0.5, 0.6) is 0 Å². The van der Waals surface area contributed by atoms with Crippen molar-refractivity contribution in [2.75, 3.05) is 11.9 Å². The summed E-state index contributed by atoms with van der Waals surface area (Å²) in [6.45, 7) is 2.04. The van der Waals surface area contributed by atoms with Gasteiger partial charge in [-0.2, -0.15) is 14.8 Å². The molecule has 34 heavy (non-hydrogen) atoms. The second kappa shape index (κ2) is 9.65. The number of aromatic nitrogens is 5. The third-order valence-electron chi connectivity index (χ3n) is 5.52. The molecule has 10 nitrogen and oxygen atoms in total. The van der Waals surface area contributed by atoms with Crippen molar-refractivity contribution in [3.8, 4) is 17.2 Å². The number of carbonyl (C=O) groups excluding carboxylic acids is 1. The number of rotatable bonds is 7. The fourth-order valence-electron chi connectivity index (χ4n) is 3.56. The summed E-state index contributed by atoms with van der Waals surface area (Å²) in [4.78, 5) is 43.8. The molecule has 1 amide bonds. The van der Waals surface area contributed by atoms with Gasteiger partial charge in [-0.15, -0.1) is 0 Å². The molecule has 0 atom stereocenters. The number of anilines is 1. The second-order valence-corrected chi connectivity index (χ2v) is 7.69. The molecule has 174 valence electrons. The van der Waals surface area contributed by atoms with Crippen molar-refractivity contribution < 1.29 is 9.32 Å². The maximum absolute atomic E-state index is 12.7. The summed E-state index contributed by atoms with van der Waals surface area (Å²) in [6, 6.07) is 16.5. The Balaban J connectivity index is 1.55. The van der Waals surface area contributed by atoms with Crippen LogP contribution in [0.2, 0.25) is 0 Å². The van der Waals surface area contributed by atoms with Crippen molar-refractivity contribution in [2.24, 2.45) is 7.05 Å². The van der Waals surface area contributed by atoms with E-state index in [1.807, 2.05) is 37.3 Å². The summed E-state index contributed by atoms with van der Waals surface area (Å²) >= 11 is 0. The number of para-hydroxylation sites is 2. The van der Waals surface area contributed by atoms with E-state index in [2.05, 4.69) is 15.2 Å². The Morgan fingerprint density at radius 2 is 1.76 bits per heavy atom. The van der Waals surface area contributed by atoms with Gasteiger partial charge in [0.25, 0.3) is 5.56 Å². The molecule has 10 heteroatoms. The van der Waals surface area contributed by atoms with Crippen molar-refractivity contribution in [1.29, 1.82) is 0 Å². The average molecular weight is 460 g/mol. The van der Waals surface area contributed by atoms with E-state index >= 15 is 0 Å². The van der Waals surface area contributed by atoms with E-state index in [0.717, 1.165) is 26.9 Å². The summed E-state index contributed by atoms with van der Waals surface area (Å²) in [5.41, 5.74) is 1.07. The molecule has 0 saturated heterocycles. The van der Waals surface area contributed by atoms with Gasteiger partial charge >= 0.3 is 5.69 Å². The van der Waals surface area contributed by atoms with Gasteiger partial charge in [0, 0.05) is 32.6 Å². The van der Waals surface area contributed by atoms with Crippen LogP contribution in [0.15, 0.2) is 68.7 Å². The van der Waals surface area contributed by atoms with Gasteiger partial charge < -0.3 is 9.42 Å². The van der Waals surface area contributed by atoms with Crippen LogP contribution in [0.1, 0.15) is 24.8 Å². The van der Waals surface area contributed by atoms with Crippen molar-refractivity contribution in [3.05, 3.63) is 86.9 Å². The quantitative estimate of drug-likeness (QED) is 0.415. The van der Waals surface area contributed by atoms with Crippen LogP contribution in [0.25, 0.3) is 17.2 Å². The zero-order valence-electron chi connectivity index (χ0n) is 19.1. The largest absolute Gasteiger partial charge is 0.351 e. The molecule has 0 aliphatic carbocycles. The Labute approximate surface area is 195 Å². The summed E-state index contributed by atoms with van der Waals surface area (Å²) in [5.74, 6) is 0.0478. The van der Waals surface area contributed by atoms with E-state index in [9.17, 15) is 14.4 Å². The highest BCUT2D eigenvalue weighted by Crippen LogP contribution is 2.21. The van der Waals surface area contributed by atoms with Gasteiger partial charge in [0.1, 0.15) is 0 Å². The van der Waals surface area contributed by atoms with Gasteiger partial charge in [0.05, 0.1) is 5.69 Å². The average Bonchev–Trinajstić information content (AvgIpc) is 3.34. The molecule has 0 spiro atoms. The number of aryl methyl sites for hydroxylation is 2. The third kappa shape index (κ3) is 4.42. The molecular formula is C24H24N6O4. The van der Waals surface area contributed by atoms with Gasteiger partial charge in [-0.05, 0) is 30.2 Å². The molecule has 4 aromatic rings. The highest BCUT2D eigenvalue weighted by molar-refractivity contribution is 5.93. The summed E-state index contributed by atoms with van der Waals surface area (Å²) < 4.78 is 7.31. The van der Waals surface area contributed by atoms with Crippen LogP contribution in [-0.2, 0) is 24.7 Å². The minimum absolute atomic E-state index is 0.0441. The first kappa shape index (κ1) is 22.8. The molecule has 0 radical (unpaired) electrons. The van der Waals surface area contributed by atoms with E-state index in [4.69, 9.17) is 4.52 Å². The Hall–Kier alpha value is -4.34. The van der Waals surface area contributed by atoms with Crippen molar-refractivity contribution >= 4 is 11.6 Å². The molecule has 0 N–H and O–H groups in total. The Morgan fingerprint density at radius 1 is 1.06 bits per heavy atom. The molecule has 4 rings (SSSR count). The number of amides is 1. The third-order valence-corrected chi connectivity index (χ3v) is 5.52. The Kier molecular flexibility index (Phi) is 6.48. The molecule has 0 unspecified atom stereocenters. The lowest BCUT2D eigenvalue weighted by Crippen LogP contribution is -2.40. The molecule has 2 heterocycles. The van der Waals surface area contributed by atoms with Crippen LogP contribution < -0.4 is 16.1 Å². The first-order valence-corrected chi connectivity index (χ1v) is 10.8. The van der Waals surface area contributed by atoms with Crippen molar-refractivity contribution in [3.63, 3.8) is 0 Å². The lowest BCUT2D eigenvalue weighted by molar-refractivity contribution is -0.118. The van der Waals surface area contributed by atoms with Crippen LogP contribution in [0.3, 0.4) is 0 Å². The van der Waals surface area contributed by atoms with Gasteiger partial charge in [-0.3, -0.25) is 14.2 Å². The van der Waals surface area contributed by atoms with Crippen LogP contribution in [0, 0.1) is 0 Å². The van der Waals surface area contributed by atoms with E-state index in [1.165, 1.54) is 7.05 Å². The molecule has 0 fully saturated rings. The minimum atomic E-state index is -0.642. The van der Waals surface area contributed by atoms with Crippen LogP contribution >= 0.6 is 0 Å². The molecule has 0 aliphatic rings. The topological polar surface area (TPSA) is 116 Å². The predicted octanol–water partition coefficient (Wildman–Crippen LogP) is 2.14. The highest BCUT2D eigenvalue weighted by atomic mass is 16.5. The summed E-state index contributed by atoms with van der Waals surface area (Å²) in [5, 5.41) is 8.04. The minimum Gasteiger partial charge on any atom is -0.339 e. The van der Waals surface area contributed by atoms with Crippen LogP contribution in [0.4, 0.5) is 5.69 Å². The van der Waals surface area contributed by atoms with Gasteiger partial charge in [-0.25, -0.2) is 4.79 Å². The van der Waals surface area contributed by atoms with E-state index in [1.54, 1.807) is 36.2 Å². The van der Waals surface area contributed by atoms with Gasteiger partial charge in [-0.1, -0.05) is 48.5 Å². The second-order valence-electron chi connectivity index (χ2n) is 7.69. The molecule has 2 aromatic heterocycles. The molecule has 0 bridgehead atoms. The first-order valence-electron chi connectivity index (χ1n) is 10.8. The van der Waals surface area contributed by atoms with E-state index < -0.39 is 11.2 Å². The number of carbonyl (C=O) groups is 1. The highest BCUT2D eigenvalue weighted by Gasteiger charge is 2.20. The maximum atomic E-state index is 12.7. The lowest BCUT2D eigenvalue weighted by atomic mass is 10.1. The molecular weight excluding hydrogens is 436 g/mol. The number of nitrogens with zero attached hydrogens (tertiary/aromatic N) is 6. The van der Waals surface area contributed by atoms with E-state index in [-0.39, 0.29) is 36.2 Å². The molecule has 0 saturated carbocycles. The maximum Gasteiger partial charge on any atom is 0.351 e. The van der Waals surface area contributed by atoms with Gasteiger partial charge in [0.2, 0.25) is 17.6 Å². The van der Waals surface area contributed by atoms with Crippen molar-refractivity contribution in [2.45, 2.75) is 26.2 Å². The smallest absolute Gasteiger partial charge is 0.339 e. The SMILES string of the molecule is CCc1ccccc1N(C)C(=O)CCc1nc(-c2nn(-c3ccccc3)c(=O)n(C)c2=O)no1. The molecule has 0 aliphatic heterocycles. The zero-order valence-corrected chi connectivity index (χ0v) is 19.1. The summed E-state index contributed by atoms with van der Waals surface area (Å²) in [7, 11) is 3.09.